The zero-order valence-corrected chi connectivity index (χ0v) is 11.8. The largest absolute Gasteiger partial charge is 0.339 e. The zero-order valence-electron chi connectivity index (χ0n) is 10.2. The Kier molecular flexibility index (Phi) is 3.40. The Morgan fingerprint density at radius 1 is 1.11 bits per heavy atom. The lowest BCUT2D eigenvalue weighted by molar-refractivity contribution is -0.134. The molecule has 0 spiro atoms. The second-order valence-electron chi connectivity index (χ2n) is 4.75. The fraction of sp³-hybridized carbons (Fsp3) is 0.636. The first-order valence-electron chi connectivity index (χ1n) is 6.22. The summed E-state index contributed by atoms with van der Waals surface area (Å²) in [5, 5.41) is 7.69. The molecule has 0 atom stereocenters. The third-order valence-corrected chi connectivity index (χ3v) is 4.40. The van der Waals surface area contributed by atoms with Crippen LogP contribution in [0.15, 0.2) is 0 Å². The topological polar surface area (TPSA) is 66.4 Å². The van der Waals surface area contributed by atoms with Gasteiger partial charge in [-0.05, 0) is 24.4 Å². The maximum absolute atomic E-state index is 12.1. The molecular weight excluding hydrogens is 288 g/mol. The molecule has 0 N–H and O–H groups in total. The highest BCUT2D eigenvalue weighted by atomic mass is 35.5. The van der Waals surface area contributed by atoms with Crippen molar-refractivity contribution in [3.63, 3.8) is 0 Å². The summed E-state index contributed by atoms with van der Waals surface area (Å²) >= 11 is 6.75. The van der Waals surface area contributed by atoms with Crippen molar-refractivity contribution in [2.24, 2.45) is 5.92 Å². The van der Waals surface area contributed by atoms with E-state index in [-0.39, 0.29) is 22.2 Å². The first kappa shape index (κ1) is 12.8. The Balaban J connectivity index is 1.57. The Morgan fingerprint density at radius 3 is 2.26 bits per heavy atom. The molecule has 2 heterocycles. The van der Waals surface area contributed by atoms with Gasteiger partial charge in [0.05, 0.1) is 0 Å². The SMILES string of the molecule is O=C(c1nnc(Cl)s1)N1CCN(C(=O)C2CC2)CC1. The predicted molar refractivity (Wildman–Crippen MR) is 70.1 cm³/mol. The average molecular weight is 301 g/mol. The Labute approximate surface area is 119 Å². The summed E-state index contributed by atoms with van der Waals surface area (Å²) in [5.74, 6) is 0.332. The first-order valence-corrected chi connectivity index (χ1v) is 7.41. The maximum atomic E-state index is 12.1. The smallest absolute Gasteiger partial charge is 0.285 e. The first-order chi connectivity index (χ1) is 9.15. The minimum atomic E-state index is -0.150. The van der Waals surface area contributed by atoms with Crippen LogP contribution in [-0.2, 0) is 4.79 Å². The normalized spacial score (nSPS) is 19.6. The molecule has 3 rings (SSSR count). The molecule has 0 bridgehead atoms. The molecule has 2 fully saturated rings. The summed E-state index contributed by atoms with van der Waals surface area (Å²) in [7, 11) is 0. The molecule has 19 heavy (non-hydrogen) atoms. The number of rotatable bonds is 2. The van der Waals surface area contributed by atoms with Crippen LogP contribution in [0, 0.1) is 5.92 Å². The Hall–Kier alpha value is -1.21. The van der Waals surface area contributed by atoms with Gasteiger partial charge in [-0.3, -0.25) is 9.59 Å². The lowest BCUT2D eigenvalue weighted by Crippen LogP contribution is -2.51. The molecule has 2 amide bonds. The van der Waals surface area contributed by atoms with Crippen molar-refractivity contribution in [1.29, 1.82) is 0 Å². The van der Waals surface area contributed by atoms with Gasteiger partial charge >= 0.3 is 0 Å². The molecular formula is C11H13ClN4O2S. The highest BCUT2D eigenvalue weighted by Gasteiger charge is 2.35. The molecule has 1 aromatic heterocycles. The van der Waals surface area contributed by atoms with E-state index in [4.69, 9.17) is 11.6 Å². The minimum Gasteiger partial charge on any atom is -0.339 e. The lowest BCUT2D eigenvalue weighted by atomic mass is 10.2. The van der Waals surface area contributed by atoms with E-state index in [2.05, 4.69) is 10.2 Å². The number of hydrogen-bond donors (Lipinski definition) is 0. The van der Waals surface area contributed by atoms with Crippen molar-refractivity contribution in [2.75, 3.05) is 26.2 Å². The number of aromatic nitrogens is 2. The van der Waals surface area contributed by atoms with Crippen LogP contribution in [-0.4, -0.2) is 58.0 Å². The van der Waals surface area contributed by atoms with Crippen molar-refractivity contribution >= 4 is 34.8 Å². The highest BCUT2D eigenvalue weighted by Crippen LogP contribution is 2.31. The maximum Gasteiger partial charge on any atom is 0.285 e. The number of nitrogens with zero attached hydrogens (tertiary/aromatic N) is 4. The van der Waals surface area contributed by atoms with E-state index in [0.717, 1.165) is 24.2 Å². The third-order valence-electron chi connectivity index (χ3n) is 3.39. The van der Waals surface area contributed by atoms with Gasteiger partial charge in [0.15, 0.2) is 0 Å². The number of carbonyl (C=O) groups is 2. The molecule has 1 aliphatic heterocycles. The number of halogens is 1. The summed E-state index contributed by atoms with van der Waals surface area (Å²) in [5.41, 5.74) is 0. The Morgan fingerprint density at radius 2 is 1.74 bits per heavy atom. The van der Waals surface area contributed by atoms with Crippen molar-refractivity contribution in [2.45, 2.75) is 12.8 Å². The van der Waals surface area contributed by atoms with Crippen molar-refractivity contribution < 1.29 is 9.59 Å². The monoisotopic (exact) mass is 300 g/mol. The van der Waals surface area contributed by atoms with Gasteiger partial charge in [-0.25, -0.2) is 0 Å². The molecule has 1 aliphatic carbocycles. The lowest BCUT2D eigenvalue weighted by Gasteiger charge is -2.34. The Bertz CT molecular complexity index is 509. The van der Waals surface area contributed by atoms with Crippen LogP contribution in [0.4, 0.5) is 0 Å². The summed E-state index contributed by atoms with van der Waals surface area (Å²) < 4.78 is 0.269. The average Bonchev–Trinajstić information content (AvgIpc) is 3.19. The number of piperazine rings is 1. The van der Waals surface area contributed by atoms with Crippen LogP contribution in [0.25, 0.3) is 0 Å². The van der Waals surface area contributed by atoms with Crippen LogP contribution in [0.1, 0.15) is 22.6 Å². The van der Waals surface area contributed by atoms with Crippen LogP contribution in [0.3, 0.4) is 0 Å². The van der Waals surface area contributed by atoms with Gasteiger partial charge in [0, 0.05) is 32.1 Å². The molecule has 102 valence electrons. The summed E-state index contributed by atoms with van der Waals surface area (Å²) in [6.45, 7) is 2.31. The molecule has 8 heteroatoms. The second kappa shape index (κ2) is 5.05. The fourth-order valence-electron chi connectivity index (χ4n) is 2.15. The number of hydrogen-bond acceptors (Lipinski definition) is 5. The van der Waals surface area contributed by atoms with E-state index in [9.17, 15) is 9.59 Å². The number of carbonyl (C=O) groups excluding carboxylic acids is 2. The van der Waals surface area contributed by atoms with Gasteiger partial charge in [-0.2, -0.15) is 0 Å². The summed E-state index contributed by atoms with van der Waals surface area (Å²) in [6.07, 6.45) is 2.03. The van der Waals surface area contributed by atoms with Crippen molar-refractivity contribution in [3.05, 3.63) is 9.47 Å². The standard InChI is InChI=1S/C11H13ClN4O2S/c12-11-14-13-8(19-11)10(18)16-5-3-15(4-6-16)9(17)7-1-2-7/h7H,1-6H2. The highest BCUT2D eigenvalue weighted by molar-refractivity contribution is 7.17. The molecule has 1 saturated carbocycles. The quantitative estimate of drug-likeness (QED) is 0.813. The van der Waals surface area contributed by atoms with Crippen LogP contribution in [0.5, 0.6) is 0 Å². The number of amides is 2. The second-order valence-corrected chi connectivity index (χ2v) is 6.31. The van der Waals surface area contributed by atoms with Crippen LogP contribution < -0.4 is 0 Å². The van der Waals surface area contributed by atoms with E-state index in [0.29, 0.717) is 31.2 Å². The molecule has 0 aromatic carbocycles. The predicted octanol–water partition coefficient (Wildman–Crippen LogP) is 0.886. The fourth-order valence-corrected chi connectivity index (χ4v) is 2.94. The van der Waals surface area contributed by atoms with E-state index in [1.807, 2.05) is 4.90 Å². The van der Waals surface area contributed by atoms with E-state index >= 15 is 0 Å². The van der Waals surface area contributed by atoms with E-state index in [1.165, 1.54) is 0 Å². The molecule has 2 aliphatic rings. The van der Waals surface area contributed by atoms with Gasteiger partial charge in [-0.15, -0.1) is 10.2 Å². The summed E-state index contributed by atoms with van der Waals surface area (Å²) in [4.78, 5) is 27.6. The van der Waals surface area contributed by atoms with Gasteiger partial charge < -0.3 is 9.80 Å². The minimum absolute atomic E-state index is 0.150. The summed E-state index contributed by atoms with van der Waals surface area (Å²) in [6, 6.07) is 0. The molecule has 1 saturated heterocycles. The molecule has 0 radical (unpaired) electrons. The van der Waals surface area contributed by atoms with Gasteiger partial charge in [0.2, 0.25) is 15.4 Å². The third kappa shape index (κ3) is 2.71. The van der Waals surface area contributed by atoms with E-state index in [1.54, 1.807) is 4.90 Å². The van der Waals surface area contributed by atoms with Crippen LogP contribution in [0.2, 0.25) is 4.47 Å². The van der Waals surface area contributed by atoms with Gasteiger partial charge in [-0.1, -0.05) is 11.3 Å². The van der Waals surface area contributed by atoms with Gasteiger partial charge in [0.1, 0.15) is 0 Å². The van der Waals surface area contributed by atoms with Crippen LogP contribution >= 0.6 is 22.9 Å². The molecule has 1 aromatic rings. The zero-order chi connectivity index (χ0) is 13.4. The van der Waals surface area contributed by atoms with Crippen molar-refractivity contribution in [1.82, 2.24) is 20.0 Å². The van der Waals surface area contributed by atoms with Gasteiger partial charge in [0.25, 0.3) is 5.91 Å². The van der Waals surface area contributed by atoms with Crippen molar-refractivity contribution in [3.8, 4) is 0 Å². The molecule has 0 unspecified atom stereocenters. The molecule has 6 nitrogen and oxygen atoms in total. The van der Waals surface area contributed by atoms with E-state index < -0.39 is 0 Å².